The van der Waals surface area contributed by atoms with Crippen LogP contribution in [0.15, 0.2) is 24.3 Å². The maximum absolute atomic E-state index is 5.42. The van der Waals surface area contributed by atoms with Crippen LogP contribution in [0.3, 0.4) is 0 Å². The smallest absolute Gasteiger partial charge is 0.119 e. The van der Waals surface area contributed by atoms with Crippen molar-refractivity contribution in [3.63, 3.8) is 0 Å². The van der Waals surface area contributed by atoms with Crippen molar-refractivity contribution >= 4 is 0 Å². The third kappa shape index (κ3) is 2.51. The van der Waals surface area contributed by atoms with Gasteiger partial charge in [0.15, 0.2) is 0 Å². The van der Waals surface area contributed by atoms with E-state index >= 15 is 0 Å². The molecule has 0 saturated carbocycles. The van der Waals surface area contributed by atoms with Gasteiger partial charge in [-0.05, 0) is 43.5 Å². The summed E-state index contributed by atoms with van der Waals surface area (Å²) in [6.07, 6.45) is 1.24. The zero-order chi connectivity index (χ0) is 10.7. The van der Waals surface area contributed by atoms with Gasteiger partial charge >= 0.3 is 0 Å². The van der Waals surface area contributed by atoms with E-state index in [1.54, 1.807) is 0 Å². The van der Waals surface area contributed by atoms with Crippen LogP contribution < -0.4 is 10.1 Å². The minimum atomic E-state index is 0.538. The Morgan fingerprint density at radius 2 is 2.07 bits per heavy atom. The van der Waals surface area contributed by atoms with Crippen LogP contribution in [0.5, 0.6) is 5.75 Å². The first-order valence-electron chi connectivity index (χ1n) is 5.75. The Kier molecular flexibility index (Phi) is 3.27. The standard InChI is InChI=1S/C13H19NO/c1-3-15-12-6-4-11(5-7-12)13-8-10(2)9-14-13/h4-7,10,13-14H,3,8-9H2,1-2H3/t10-,13+/m1/s1. The summed E-state index contributed by atoms with van der Waals surface area (Å²) in [6.45, 7) is 6.17. The molecule has 0 bridgehead atoms. The first-order chi connectivity index (χ1) is 7.29. The number of ether oxygens (including phenoxy) is 1. The molecule has 0 unspecified atom stereocenters. The molecule has 1 aromatic rings. The number of hydrogen-bond donors (Lipinski definition) is 1. The molecule has 0 aliphatic carbocycles. The van der Waals surface area contributed by atoms with Gasteiger partial charge in [0, 0.05) is 6.04 Å². The summed E-state index contributed by atoms with van der Waals surface area (Å²) < 4.78 is 5.42. The Labute approximate surface area is 91.6 Å². The molecule has 2 nitrogen and oxygen atoms in total. The molecule has 0 amide bonds. The molecule has 2 rings (SSSR count). The highest BCUT2D eigenvalue weighted by Gasteiger charge is 2.21. The quantitative estimate of drug-likeness (QED) is 0.819. The molecule has 1 aliphatic rings. The predicted molar refractivity (Wildman–Crippen MR) is 62.1 cm³/mol. The van der Waals surface area contributed by atoms with Gasteiger partial charge in [0.2, 0.25) is 0 Å². The van der Waals surface area contributed by atoms with E-state index in [4.69, 9.17) is 4.74 Å². The fraction of sp³-hybridized carbons (Fsp3) is 0.538. The van der Waals surface area contributed by atoms with Crippen LogP contribution in [0.4, 0.5) is 0 Å². The molecule has 0 aromatic heterocycles. The summed E-state index contributed by atoms with van der Waals surface area (Å²) >= 11 is 0. The van der Waals surface area contributed by atoms with E-state index in [-0.39, 0.29) is 0 Å². The Morgan fingerprint density at radius 3 is 2.60 bits per heavy atom. The summed E-state index contributed by atoms with van der Waals surface area (Å²) in [6, 6.07) is 8.99. The molecule has 1 fully saturated rings. The zero-order valence-electron chi connectivity index (χ0n) is 9.49. The predicted octanol–water partition coefficient (Wildman–Crippen LogP) is 2.76. The van der Waals surface area contributed by atoms with Crippen LogP contribution >= 0.6 is 0 Å². The van der Waals surface area contributed by atoms with Crippen molar-refractivity contribution in [1.29, 1.82) is 0 Å². The highest BCUT2D eigenvalue weighted by molar-refractivity contribution is 5.29. The average Bonchev–Trinajstić information content (AvgIpc) is 2.67. The zero-order valence-corrected chi connectivity index (χ0v) is 9.49. The molecule has 1 heterocycles. The second-order valence-electron chi connectivity index (χ2n) is 4.30. The average molecular weight is 205 g/mol. The minimum absolute atomic E-state index is 0.538. The lowest BCUT2D eigenvalue weighted by atomic mass is 10.0. The molecule has 1 N–H and O–H groups in total. The highest BCUT2D eigenvalue weighted by Crippen LogP contribution is 2.27. The number of benzene rings is 1. The van der Waals surface area contributed by atoms with Crippen molar-refractivity contribution in [1.82, 2.24) is 5.32 Å². The van der Waals surface area contributed by atoms with Crippen LogP contribution in [0.25, 0.3) is 0 Å². The first-order valence-corrected chi connectivity index (χ1v) is 5.75. The summed E-state index contributed by atoms with van der Waals surface area (Å²) in [5.41, 5.74) is 1.38. The van der Waals surface area contributed by atoms with Gasteiger partial charge in [-0.2, -0.15) is 0 Å². The molecule has 0 radical (unpaired) electrons. The molecule has 82 valence electrons. The normalized spacial score (nSPS) is 25.5. The lowest BCUT2D eigenvalue weighted by molar-refractivity contribution is 0.340. The Hall–Kier alpha value is -1.02. The van der Waals surface area contributed by atoms with E-state index in [9.17, 15) is 0 Å². The van der Waals surface area contributed by atoms with Crippen LogP contribution in [-0.4, -0.2) is 13.2 Å². The van der Waals surface area contributed by atoms with Crippen molar-refractivity contribution in [2.24, 2.45) is 5.92 Å². The van der Waals surface area contributed by atoms with E-state index in [1.807, 2.05) is 6.92 Å². The third-order valence-corrected chi connectivity index (χ3v) is 2.94. The molecular weight excluding hydrogens is 186 g/mol. The van der Waals surface area contributed by atoms with Gasteiger partial charge in [-0.1, -0.05) is 19.1 Å². The fourth-order valence-corrected chi connectivity index (χ4v) is 2.13. The van der Waals surface area contributed by atoms with Gasteiger partial charge in [-0.15, -0.1) is 0 Å². The maximum atomic E-state index is 5.42. The van der Waals surface area contributed by atoms with Crippen LogP contribution in [0.1, 0.15) is 31.9 Å². The molecule has 2 atom stereocenters. The molecule has 1 saturated heterocycles. The summed E-state index contributed by atoms with van der Waals surface area (Å²) in [4.78, 5) is 0. The summed E-state index contributed by atoms with van der Waals surface area (Å²) in [5, 5.41) is 3.53. The monoisotopic (exact) mass is 205 g/mol. The minimum Gasteiger partial charge on any atom is -0.494 e. The van der Waals surface area contributed by atoms with Gasteiger partial charge in [-0.3, -0.25) is 0 Å². The summed E-state index contributed by atoms with van der Waals surface area (Å²) in [7, 11) is 0. The van der Waals surface area contributed by atoms with Crippen molar-refractivity contribution in [2.75, 3.05) is 13.2 Å². The second kappa shape index (κ2) is 4.67. The largest absolute Gasteiger partial charge is 0.494 e. The molecule has 1 aliphatic heterocycles. The molecule has 15 heavy (non-hydrogen) atoms. The molecule has 2 heteroatoms. The van der Waals surface area contributed by atoms with Gasteiger partial charge in [0.05, 0.1) is 6.61 Å². The number of hydrogen-bond acceptors (Lipinski definition) is 2. The number of nitrogens with one attached hydrogen (secondary N) is 1. The lowest BCUT2D eigenvalue weighted by Crippen LogP contribution is -2.13. The van der Waals surface area contributed by atoms with E-state index in [0.717, 1.165) is 24.8 Å². The lowest BCUT2D eigenvalue weighted by Gasteiger charge is -2.11. The van der Waals surface area contributed by atoms with Crippen molar-refractivity contribution in [3.8, 4) is 5.75 Å². The third-order valence-electron chi connectivity index (χ3n) is 2.94. The second-order valence-corrected chi connectivity index (χ2v) is 4.30. The van der Waals surface area contributed by atoms with Crippen LogP contribution in [-0.2, 0) is 0 Å². The molecule has 0 spiro atoms. The van der Waals surface area contributed by atoms with Crippen molar-refractivity contribution in [2.45, 2.75) is 26.3 Å². The van der Waals surface area contributed by atoms with Gasteiger partial charge in [0.25, 0.3) is 0 Å². The Morgan fingerprint density at radius 1 is 1.33 bits per heavy atom. The summed E-state index contributed by atoms with van der Waals surface area (Å²) in [5.74, 6) is 1.76. The van der Waals surface area contributed by atoms with Gasteiger partial charge in [0.1, 0.15) is 5.75 Å². The van der Waals surface area contributed by atoms with E-state index in [2.05, 4.69) is 36.5 Å². The van der Waals surface area contributed by atoms with Gasteiger partial charge < -0.3 is 10.1 Å². The highest BCUT2D eigenvalue weighted by atomic mass is 16.5. The molecule has 1 aromatic carbocycles. The Balaban J connectivity index is 2.03. The SMILES string of the molecule is CCOc1ccc([C@@H]2C[C@@H](C)CN2)cc1. The van der Waals surface area contributed by atoms with Crippen LogP contribution in [0, 0.1) is 5.92 Å². The van der Waals surface area contributed by atoms with Gasteiger partial charge in [-0.25, -0.2) is 0 Å². The fourth-order valence-electron chi connectivity index (χ4n) is 2.13. The Bertz CT molecular complexity index is 307. The van der Waals surface area contributed by atoms with E-state index < -0.39 is 0 Å². The van der Waals surface area contributed by atoms with Crippen LogP contribution in [0.2, 0.25) is 0 Å². The van der Waals surface area contributed by atoms with E-state index in [1.165, 1.54) is 12.0 Å². The molecular formula is C13H19NO. The maximum Gasteiger partial charge on any atom is 0.119 e. The first kappa shape index (κ1) is 10.5. The number of rotatable bonds is 3. The van der Waals surface area contributed by atoms with Crippen molar-refractivity contribution < 1.29 is 4.74 Å². The topological polar surface area (TPSA) is 21.3 Å². The van der Waals surface area contributed by atoms with E-state index in [0.29, 0.717) is 6.04 Å². The van der Waals surface area contributed by atoms with Crippen molar-refractivity contribution in [3.05, 3.63) is 29.8 Å².